The molecule has 2 amide bonds. The van der Waals surface area contributed by atoms with E-state index in [0.717, 1.165) is 22.3 Å². The largest absolute Gasteiger partial charge is 0.481 e. The van der Waals surface area contributed by atoms with Crippen molar-refractivity contribution >= 4 is 39.6 Å². The van der Waals surface area contributed by atoms with Gasteiger partial charge in [-0.1, -0.05) is 55.5 Å². The van der Waals surface area contributed by atoms with E-state index in [-0.39, 0.29) is 24.5 Å². The number of nitrogens with one attached hydrogen (secondary N) is 2. The minimum Gasteiger partial charge on any atom is -0.481 e. The normalized spacial score (nSPS) is 12.9. The lowest BCUT2D eigenvalue weighted by atomic mass is 9.98. The topological polar surface area (TPSA) is 105 Å². The molecule has 0 bridgehead atoms. The van der Waals surface area contributed by atoms with Crippen molar-refractivity contribution in [3.63, 3.8) is 0 Å². The molecule has 1 aliphatic carbocycles. The number of carbonyl (C=O) groups excluding carboxylic acids is 2. The van der Waals surface area contributed by atoms with Gasteiger partial charge in [-0.3, -0.25) is 14.9 Å². The molecule has 3 aromatic carbocycles. The molecule has 0 radical (unpaired) electrons. The number of hydrogen-bond donors (Lipinski definition) is 3. The summed E-state index contributed by atoms with van der Waals surface area (Å²) < 4.78 is 6.10. The van der Waals surface area contributed by atoms with Crippen LogP contribution in [0.3, 0.4) is 0 Å². The highest BCUT2D eigenvalue weighted by Gasteiger charge is 2.29. The van der Waals surface area contributed by atoms with E-state index in [1.54, 1.807) is 19.1 Å². The van der Waals surface area contributed by atoms with Gasteiger partial charge in [0.2, 0.25) is 0 Å². The van der Waals surface area contributed by atoms with E-state index in [4.69, 9.17) is 9.84 Å². The van der Waals surface area contributed by atoms with E-state index in [1.165, 1.54) is 6.07 Å². The van der Waals surface area contributed by atoms with Crippen LogP contribution in [0.25, 0.3) is 11.1 Å². The third-order valence-corrected chi connectivity index (χ3v) is 6.74. The molecule has 1 aliphatic rings. The van der Waals surface area contributed by atoms with E-state index >= 15 is 0 Å². The molecule has 1 atom stereocenters. The van der Waals surface area contributed by atoms with Crippen LogP contribution in [0.5, 0.6) is 0 Å². The molecule has 0 heterocycles. The summed E-state index contributed by atoms with van der Waals surface area (Å²) in [5.74, 6) is -1.47. The number of amides is 2. The van der Waals surface area contributed by atoms with Crippen LogP contribution < -0.4 is 10.6 Å². The first kappa shape index (κ1) is 24.5. The Hall–Kier alpha value is -3.65. The molecule has 0 fully saturated rings. The molecular formula is C27H25BrN2O5. The molecule has 180 valence electrons. The van der Waals surface area contributed by atoms with Crippen LogP contribution in [0.1, 0.15) is 47.2 Å². The zero-order valence-electron chi connectivity index (χ0n) is 19.1. The van der Waals surface area contributed by atoms with Crippen molar-refractivity contribution in [3.05, 3.63) is 87.9 Å². The van der Waals surface area contributed by atoms with Crippen LogP contribution in [0.4, 0.5) is 10.5 Å². The van der Waals surface area contributed by atoms with E-state index < -0.39 is 24.0 Å². The number of anilines is 1. The number of rotatable bonds is 8. The lowest BCUT2D eigenvalue weighted by Gasteiger charge is -2.17. The van der Waals surface area contributed by atoms with Gasteiger partial charge in [-0.15, -0.1) is 0 Å². The van der Waals surface area contributed by atoms with Gasteiger partial charge in [-0.05, 0) is 62.8 Å². The van der Waals surface area contributed by atoms with Gasteiger partial charge in [-0.2, -0.15) is 0 Å². The quantitative estimate of drug-likeness (QED) is 0.337. The Kier molecular flexibility index (Phi) is 7.51. The van der Waals surface area contributed by atoms with Crippen molar-refractivity contribution in [2.45, 2.75) is 31.7 Å². The number of fused-ring (bicyclic) bond motifs is 3. The van der Waals surface area contributed by atoms with Gasteiger partial charge < -0.3 is 15.2 Å². The lowest BCUT2D eigenvalue weighted by molar-refractivity contribution is -0.137. The minimum absolute atomic E-state index is 0.0559. The number of hydrogen-bond acceptors (Lipinski definition) is 4. The molecule has 8 heteroatoms. The standard InChI is InChI=1S/C27H25BrN2O5/c1-2-16(14-25(31)32)29-26(33)22-13-17(11-12-24(22)28)30-27(34)35-15-23-20-9-5-3-7-18(20)19-8-4-6-10-21(19)23/h3-13,16,23H,2,14-15H2,1H3,(H,29,33)(H,30,34)(H,31,32)/t16-/m0/s1. The molecular weight excluding hydrogens is 512 g/mol. The van der Waals surface area contributed by atoms with Gasteiger partial charge in [0, 0.05) is 22.1 Å². The molecule has 3 aromatic rings. The molecule has 0 spiro atoms. The third-order valence-electron chi connectivity index (χ3n) is 6.05. The van der Waals surface area contributed by atoms with Crippen LogP contribution in [0.2, 0.25) is 0 Å². The molecule has 0 saturated heterocycles. The molecule has 7 nitrogen and oxygen atoms in total. The summed E-state index contributed by atoms with van der Waals surface area (Å²) in [5, 5.41) is 14.4. The molecule has 4 rings (SSSR count). The summed E-state index contributed by atoms with van der Waals surface area (Å²) in [7, 11) is 0. The van der Waals surface area contributed by atoms with Gasteiger partial charge in [0.1, 0.15) is 6.61 Å². The maximum Gasteiger partial charge on any atom is 0.411 e. The maximum absolute atomic E-state index is 12.7. The van der Waals surface area contributed by atoms with Crippen molar-refractivity contribution < 1.29 is 24.2 Å². The predicted octanol–water partition coefficient (Wildman–Crippen LogP) is 5.79. The number of carboxylic acids is 1. The number of aliphatic carboxylic acids is 1. The van der Waals surface area contributed by atoms with Crippen molar-refractivity contribution in [2.75, 3.05) is 11.9 Å². The Morgan fingerprint density at radius 3 is 2.23 bits per heavy atom. The third kappa shape index (κ3) is 5.54. The summed E-state index contributed by atoms with van der Waals surface area (Å²) in [6.07, 6.45) is -0.317. The summed E-state index contributed by atoms with van der Waals surface area (Å²) in [6.45, 7) is 1.98. The number of halogens is 1. The zero-order valence-corrected chi connectivity index (χ0v) is 20.7. The van der Waals surface area contributed by atoms with Crippen LogP contribution in [-0.4, -0.2) is 35.7 Å². The Balaban J connectivity index is 1.42. The van der Waals surface area contributed by atoms with Gasteiger partial charge >= 0.3 is 12.1 Å². The maximum atomic E-state index is 12.7. The molecule has 0 saturated carbocycles. The lowest BCUT2D eigenvalue weighted by Crippen LogP contribution is -2.36. The second-order valence-corrected chi connectivity index (χ2v) is 9.18. The van der Waals surface area contributed by atoms with Crippen molar-refractivity contribution in [2.24, 2.45) is 0 Å². The summed E-state index contributed by atoms with van der Waals surface area (Å²) in [6, 6.07) is 20.5. The van der Waals surface area contributed by atoms with Gasteiger partial charge in [0.25, 0.3) is 5.91 Å². The fourth-order valence-corrected chi connectivity index (χ4v) is 4.73. The number of carbonyl (C=O) groups is 3. The Bertz CT molecular complexity index is 1230. The fourth-order valence-electron chi connectivity index (χ4n) is 4.30. The number of benzene rings is 3. The molecule has 0 unspecified atom stereocenters. The molecule has 3 N–H and O–H groups in total. The highest BCUT2D eigenvalue weighted by atomic mass is 79.9. The van der Waals surface area contributed by atoms with Gasteiger partial charge in [0.05, 0.1) is 12.0 Å². The van der Waals surface area contributed by atoms with Crippen LogP contribution >= 0.6 is 15.9 Å². The van der Waals surface area contributed by atoms with E-state index in [9.17, 15) is 14.4 Å². The highest BCUT2D eigenvalue weighted by Crippen LogP contribution is 2.44. The summed E-state index contributed by atoms with van der Waals surface area (Å²) >= 11 is 3.35. The van der Waals surface area contributed by atoms with Crippen LogP contribution in [0.15, 0.2) is 71.2 Å². The van der Waals surface area contributed by atoms with Crippen LogP contribution in [-0.2, 0) is 9.53 Å². The average molecular weight is 537 g/mol. The smallest absolute Gasteiger partial charge is 0.411 e. The second-order valence-electron chi connectivity index (χ2n) is 8.32. The average Bonchev–Trinajstić information content (AvgIpc) is 3.17. The SMILES string of the molecule is CC[C@@H](CC(=O)O)NC(=O)c1cc(NC(=O)OCC2c3ccccc3-c3ccccc32)ccc1Br. The Morgan fingerprint density at radius 2 is 1.63 bits per heavy atom. The van der Waals surface area contributed by atoms with Crippen molar-refractivity contribution in [1.82, 2.24) is 5.32 Å². The Morgan fingerprint density at radius 1 is 1.00 bits per heavy atom. The van der Waals surface area contributed by atoms with Crippen molar-refractivity contribution in [1.29, 1.82) is 0 Å². The molecule has 35 heavy (non-hydrogen) atoms. The second kappa shape index (κ2) is 10.7. The van der Waals surface area contributed by atoms with E-state index in [2.05, 4.69) is 50.8 Å². The fraction of sp³-hybridized carbons (Fsp3) is 0.222. The Labute approximate surface area is 211 Å². The first-order chi connectivity index (χ1) is 16.9. The summed E-state index contributed by atoms with van der Waals surface area (Å²) in [5.41, 5.74) is 5.21. The first-order valence-corrected chi connectivity index (χ1v) is 12.1. The number of carboxylic acid groups (broad SMARTS) is 1. The summed E-state index contributed by atoms with van der Waals surface area (Å²) in [4.78, 5) is 36.3. The van der Waals surface area contributed by atoms with Crippen molar-refractivity contribution in [3.8, 4) is 11.1 Å². The van der Waals surface area contributed by atoms with E-state index in [1.807, 2.05) is 24.3 Å². The van der Waals surface area contributed by atoms with E-state index in [0.29, 0.717) is 16.6 Å². The zero-order chi connectivity index (χ0) is 24.9. The predicted molar refractivity (Wildman–Crippen MR) is 137 cm³/mol. The monoisotopic (exact) mass is 536 g/mol. The molecule has 0 aliphatic heterocycles. The van der Waals surface area contributed by atoms with Crippen LogP contribution in [0, 0.1) is 0 Å². The number of ether oxygens (including phenoxy) is 1. The molecule has 0 aromatic heterocycles. The highest BCUT2D eigenvalue weighted by molar-refractivity contribution is 9.10. The minimum atomic E-state index is -0.984. The van der Waals surface area contributed by atoms with Gasteiger partial charge in [-0.25, -0.2) is 4.79 Å². The van der Waals surface area contributed by atoms with Gasteiger partial charge in [0.15, 0.2) is 0 Å². The first-order valence-electron chi connectivity index (χ1n) is 11.3.